The molecule has 0 saturated heterocycles. The van der Waals surface area contributed by atoms with Gasteiger partial charge in [-0.15, -0.1) is 4.91 Å². The summed E-state index contributed by atoms with van der Waals surface area (Å²) in [5.74, 6) is -1.14. The molecule has 0 rings (SSSR count). The highest BCUT2D eigenvalue weighted by Crippen LogP contribution is 2.17. The van der Waals surface area contributed by atoms with E-state index in [1.165, 1.54) is 21.0 Å². The Kier molecular flexibility index (Phi) is 7.40. The maximum absolute atomic E-state index is 11.9. The molecule has 21 heavy (non-hydrogen) atoms. The van der Waals surface area contributed by atoms with Crippen molar-refractivity contribution < 1.29 is 14.5 Å². The molecule has 2 unspecified atom stereocenters. The molecule has 8 nitrogen and oxygen atoms in total. The van der Waals surface area contributed by atoms with Gasteiger partial charge in [-0.2, -0.15) is 5.01 Å². The summed E-state index contributed by atoms with van der Waals surface area (Å²) < 4.78 is 0. The first-order chi connectivity index (χ1) is 9.61. The molecule has 0 aliphatic rings. The van der Waals surface area contributed by atoms with Crippen molar-refractivity contribution in [2.24, 2.45) is 17.1 Å². The topological polar surface area (TPSA) is 90.1 Å². The fourth-order valence-electron chi connectivity index (χ4n) is 1.58. The van der Waals surface area contributed by atoms with Crippen molar-refractivity contribution in [1.29, 1.82) is 0 Å². The highest BCUT2D eigenvalue weighted by Gasteiger charge is 2.29. The summed E-state index contributed by atoms with van der Waals surface area (Å²) in [7, 11) is 2.66. The van der Waals surface area contributed by atoms with Gasteiger partial charge in [0.25, 0.3) is 0 Å². The number of hydrogen-bond acceptors (Lipinski definition) is 5. The van der Waals surface area contributed by atoms with Crippen molar-refractivity contribution in [2.75, 3.05) is 20.6 Å². The lowest BCUT2D eigenvalue weighted by atomic mass is 9.92. The molecular weight excluding hydrogens is 276 g/mol. The van der Waals surface area contributed by atoms with Gasteiger partial charge in [0.1, 0.15) is 4.87 Å². The van der Waals surface area contributed by atoms with E-state index in [1.54, 1.807) is 13.8 Å². The Balaban J connectivity index is 4.54. The standard InChI is InChI=1S/C13H23N4O4/c1-9(2)13(19)16(6)17(21)8-11(4)10(3)7-12(18)15(5)14-20/h10-11H,1,7-8H2,2-6H3/q+1. The van der Waals surface area contributed by atoms with Gasteiger partial charge in [-0.3, -0.25) is 9.59 Å². The highest BCUT2D eigenvalue weighted by atomic mass is 16.3. The number of rotatable bonds is 8. The van der Waals surface area contributed by atoms with E-state index >= 15 is 0 Å². The predicted octanol–water partition coefficient (Wildman–Crippen LogP) is 1.52. The number of hydrazine groups is 1. The summed E-state index contributed by atoms with van der Waals surface area (Å²) in [6, 6.07) is 0. The van der Waals surface area contributed by atoms with Crippen LogP contribution < -0.4 is 0 Å². The fourth-order valence-corrected chi connectivity index (χ4v) is 1.58. The summed E-state index contributed by atoms with van der Waals surface area (Å²) in [5.41, 5.74) is 0.271. The third-order valence-corrected chi connectivity index (χ3v) is 3.39. The Morgan fingerprint density at radius 1 is 1.24 bits per heavy atom. The Labute approximate surface area is 124 Å². The van der Waals surface area contributed by atoms with Crippen LogP contribution in [0.4, 0.5) is 0 Å². The highest BCUT2D eigenvalue weighted by molar-refractivity contribution is 5.91. The number of hydrogen-bond donors (Lipinski definition) is 0. The second kappa shape index (κ2) is 8.23. The monoisotopic (exact) mass is 299 g/mol. The molecule has 2 atom stereocenters. The Morgan fingerprint density at radius 3 is 2.19 bits per heavy atom. The molecule has 0 N–H and O–H groups in total. The Bertz CT molecular complexity index is 449. The van der Waals surface area contributed by atoms with Gasteiger partial charge in [-0.05, 0) is 12.8 Å². The van der Waals surface area contributed by atoms with Crippen LogP contribution in [0, 0.1) is 21.6 Å². The van der Waals surface area contributed by atoms with E-state index < -0.39 is 11.8 Å². The smallest absolute Gasteiger partial charge is 0.273 e. The molecule has 0 saturated carbocycles. The van der Waals surface area contributed by atoms with E-state index in [9.17, 15) is 19.4 Å². The molecular formula is C13H23N4O4+. The first-order valence-corrected chi connectivity index (χ1v) is 6.59. The first kappa shape index (κ1) is 18.9. The predicted molar refractivity (Wildman–Crippen MR) is 77.6 cm³/mol. The van der Waals surface area contributed by atoms with Crippen LogP contribution in [0.2, 0.25) is 0 Å². The largest absolute Gasteiger partial charge is 0.307 e. The van der Waals surface area contributed by atoms with E-state index in [0.717, 1.165) is 10.0 Å². The molecule has 0 spiro atoms. The lowest BCUT2D eigenvalue weighted by Gasteiger charge is -2.18. The molecule has 0 aromatic carbocycles. The Hall–Kier alpha value is -2.12. The van der Waals surface area contributed by atoms with Crippen LogP contribution in [-0.2, 0) is 9.59 Å². The molecule has 0 bridgehead atoms. The average molecular weight is 299 g/mol. The molecule has 0 radical (unpaired) electrons. The minimum atomic E-state index is -0.453. The molecule has 0 fully saturated rings. The Morgan fingerprint density at radius 2 is 1.76 bits per heavy atom. The second-order valence-electron chi connectivity index (χ2n) is 5.30. The van der Waals surface area contributed by atoms with E-state index in [-0.39, 0.29) is 30.4 Å². The minimum absolute atomic E-state index is 0.0577. The van der Waals surface area contributed by atoms with Crippen LogP contribution in [0.1, 0.15) is 27.2 Å². The summed E-state index contributed by atoms with van der Waals surface area (Å²) in [6.45, 7) is 8.68. The molecule has 0 aliphatic carbocycles. The molecule has 0 aromatic rings. The third-order valence-electron chi connectivity index (χ3n) is 3.39. The molecule has 0 aromatic heterocycles. The maximum atomic E-state index is 11.9. The van der Waals surface area contributed by atoms with Crippen LogP contribution in [0.3, 0.4) is 0 Å². The van der Waals surface area contributed by atoms with Gasteiger partial charge in [0.2, 0.25) is 12.5 Å². The second-order valence-corrected chi connectivity index (χ2v) is 5.30. The van der Waals surface area contributed by atoms with E-state index in [1.807, 2.05) is 0 Å². The van der Waals surface area contributed by atoms with Crippen LogP contribution in [-0.4, -0.2) is 47.3 Å². The average Bonchev–Trinajstić information content (AvgIpc) is 2.43. The number of nitrogens with zero attached hydrogens (tertiary/aromatic N) is 4. The van der Waals surface area contributed by atoms with Gasteiger partial charge in [-0.25, -0.2) is 0 Å². The van der Waals surface area contributed by atoms with Crippen molar-refractivity contribution in [1.82, 2.24) is 10.0 Å². The van der Waals surface area contributed by atoms with Gasteiger partial charge in [0.05, 0.1) is 17.2 Å². The van der Waals surface area contributed by atoms with Crippen molar-refractivity contribution in [2.45, 2.75) is 27.2 Å². The summed E-state index contributed by atoms with van der Waals surface area (Å²) in [4.78, 5) is 45.9. The van der Waals surface area contributed by atoms with Gasteiger partial charge < -0.3 is 0 Å². The third kappa shape index (κ3) is 5.80. The number of amides is 2. The van der Waals surface area contributed by atoms with Gasteiger partial charge in [0, 0.05) is 25.0 Å². The number of carbonyl (C=O) groups is 2. The lowest BCUT2D eigenvalue weighted by molar-refractivity contribution is -0.687. The van der Waals surface area contributed by atoms with Gasteiger partial charge in [-0.1, -0.05) is 25.4 Å². The minimum Gasteiger partial charge on any atom is -0.273 e. The summed E-state index contributed by atoms with van der Waals surface area (Å²) >= 11 is 0. The number of likely N-dealkylation sites (N-methyl/N-ethyl adjacent to an activating group) is 1. The molecule has 0 aliphatic heterocycles. The zero-order chi connectivity index (χ0) is 16.7. The van der Waals surface area contributed by atoms with E-state index in [4.69, 9.17) is 0 Å². The first-order valence-electron chi connectivity index (χ1n) is 6.59. The summed E-state index contributed by atoms with van der Waals surface area (Å²) in [6.07, 6.45) is 0.107. The van der Waals surface area contributed by atoms with Gasteiger partial charge >= 0.3 is 5.91 Å². The fraction of sp³-hybridized carbons (Fsp3) is 0.692. The van der Waals surface area contributed by atoms with E-state index in [0.29, 0.717) is 4.87 Å². The lowest BCUT2D eigenvalue weighted by Crippen LogP contribution is -2.39. The molecule has 2 amide bonds. The molecule has 0 heterocycles. The van der Waals surface area contributed by atoms with Crippen LogP contribution in [0.15, 0.2) is 17.4 Å². The zero-order valence-corrected chi connectivity index (χ0v) is 13.2. The van der Waals surface area contributed by atoms with Gasteiger partial charge in [0.15, 0.2) is 0 Å². The van der Waals surface area contributed by atoms with Crippen LogP contribution in [0.25, 0.3) is 0 Å². The molecule has 8 heteroatoms. The SMILES string of the molecule is C=C(C)C(=O)N(C)[N+](=O)CC(C)C(C)CC(=O)N(C)N=O. The van der Waals surface area contributed by atoms with Crippen LogP contribution in [0.5, 0.6) is 0 Å². The maximum Gasteiger partial charge on any atom is 0.307 e. The summed E-state index contributed by atoms with van der Waals surface area (Å²) in [5, 5.41) is 4.21. The van der Waals surface area contributed by atoms with Crippen molar-refractivity contribution in [3.63, 3.8) is 0 Å². The quantitative estimate of drug-likeness (QED) is 0.294. The van der Waals surface area contributed by atoms with Crippen molar-refractivity contribution >= 4 is 11.8 Å². The normalized spacial score (nSPS) is 13.0. The number of nitroso groups, excluding NO2 is 2. The zero-order valence-electron chi connectivity index (χ0n) is 13.2. The van der Waals surface area contributed by atoms with Crippen molar-refractivity contribution in [3.05, 3.63) is 22.0 Å². The number of carbonyl (C=O) groups excluding carboxylic acids is 2. The molecule has 118 valence electrons. The van der Waals surface area contributed by atoms with Crippen LogP contribution >= 0.6 is 0 Å². The van der Waals surface area contributed by atoms with E-state index in [2.05, 4.69) is 11.9 Å². The van der Waals surface area contributed by atoms with Crippen molar-refractivity contribution in [3.8, 4) is 0 Å².